The van der Waals surface area contributed by atoms with E-state index in [-0.39, 0.29) is 0 Å². The van der Waals surface area contributed by atoms with Crippen molar-refractivity contribution < 1.29 is 0 Å². The SMILES string of the molecule is Nc1ccc(SCc2sccc2Br)cc1. The molecule has 1 aromatic carbocycles. The molecule has 4 heteroatoms. The Balaban J connectivity index is 1.99. The van der Waals surface area contributed by atoms with Crippen LogP contribution in [0.25, 0.3) is 0 Å². The van der Waals surface area contributed by atoms with Crippen LogP contribution in [0.4, 0.5) is 5.69 Å². The second-order valence-corrected chi connectivity index (χ2v) is 5.95. The van der Waals surface area contributed by atoms with Crippen molar-refractivity contribution >= 4 is 44.7 Å². The van der Waals surface area contributed by atoms with Gasteiger partial charge in [0.2, 0.25) is 0 Å². The molecule has 0 aliphatic heterocycles. The largest absolute Gasteiger partial charge is 0.399 e. The third kappa shape index (κ3) is 3.00. The number of anilines is 1. The average Bonchev–Trinajstić information content (AvgIpc) is 2.63. The van der Waals surface area contributed by atoms with E-state index in [0.717, 1.165) is 11.4 Å². The molecule has 0 spiro atoms. The van der Waals surface area contributed by atoms with Crippen molar-refractivity contribution in [3.05, 3.63) is 45.1 Å². The van der Waals surface area contributed by atoms with Gasteiger partial charge >= 0.3 is 0 Å². The standard InChI is InChI=1S/C11H10BrNS2/c12-10-5-6-14-11(10)7-15-9-3-1-8(13)2-4-9/h1-6H,7,13H2. The van der Waals surface area contributed by atoms with E-state index in [1.165, 1.54) is 14.2 Å². The smallest absolute Gasteiger partial charge is 0.0337 e. The van der Waals surface area contributed by atoms with E-state index in [4.69, 9.17) is 5.73 Å². The minimum atomic E-state index is 0.816. The highest BCUT2D eigenvalue weighted by Crippen LogP contribution is 2.30. The van der Waals surface area contributed by atoms with Crippen molar-refractivity contribution in [3.63, 3.8) is 0 Å². The molecule has 2 N–H and O–H groups in total. The lowest BCUT2D eigenvalue weighted by molar-refractivity contribution is 1.42. The predicted octanol–water partition coefficient (Wildman–Crippen LogP) is 4.39. The highest BCUT2D eigenvalue weighted by molar-refractivity contribution is 9.10. The fourth-order valence-electron chi connectivity index (χ4n) is 1.14. The summed E-state index contributed by atoms with van der Waals surface area (Å²) in [5, 5.41) is 2.10. The first-order valence-corrected chi connectivity index (χ1v) is 7.12. The molecule has 15 heavy (non-hydrogen) atoms. The van der Waals surface area contributed by atoms with Crippen molar-refractivity contribution in [3.8, 4) is 0 Å². The zero-order chi connectivity index (χ0) is 10.7. The van der Waals surface area contributed by atoms with Gasteiger partial charge in [-0.05, 0) is 51.6 Å². The van der Waals surface area contributed by atoms with Gasteiger partial charge in [-0.3, -0.25) is 0 Å². The fourth-order valence-corrected chi connectivity index (χ4v) is 3.83. The maximum absolute atomic E-state index is 5.63. The first-order chi connectivity index (χ1) is 7.25. The first-order valence-electron chi connectivity index (χ1n) is 4.46. The fraction of sp³-hybridized carbons (Fsp3) is 0.0909. The third-order valence-corrected chi connectivity index (χ3v) is 5.09. The van der Waals surface area contributed by atoms with Gasteiger partial charge in [-0.2, -0.15) is 0 Å². The zero-order valence-electron chi connectivity index (χ0n) is 7.94. The van der Waals surface area contributed by atoms with Crippen LogP contribution in [0.2, 0.25) is 0 Å². The number of nitrogens with two attached hydrogens (primary N) is 1. The Hall–Kier alpha value is -0.450. The Morgan fingerprint density at radius 3 is 2.53 bits per heavy atom. The van der Waals surface area contributed by atoms with Crippen LogP contribution >= 0.6 is 39.0 Å². The van der Waals surface area contributed by atoms with Gasteiger partial charge in [-0.25, -0.2) is 0 Å². The molecular weight excluding hydrogens is 290 g/mol. The van der Waals surface area contributed by atoms with Crippen molar-refractivity contribution in [2.45, 2.75) is 10.6 Å². The summed E-state index contributed by atoms with van der Waals surface area (Å²) in [6.07, 6.45) is 0. The number of benzene rings is 1. The van der Waals surface area contributed by atoms with Gasteiger partial charge in [0, 0.05) is 25.7 Å². The van der Waals surface area contributed by atoms with E-state index in [1.807, 2.05) is 23.9 Å². The third-order valence-electron chi connectivity index (χ3n) is 1.94. The van der Waals surface area contributed by atoms with Gasteiger partial charge in [-0.1, -0.05) is 0 Å². The molecule has 1 aromatic heterocycles. The Kier molecular flexibility index (Phi) is 3.72. The van der Waals surface area contributed by atoms with E-state index in [1.54, 1.807) is 11.3 Å². The second kappa shape index (κ2) is 5.05. The lowest BCUT2D eigenvalue weighted by Gasteiger charge is -2.01. The molecule has 0 aliphatic rings. The van der Waals surface area contributed by atoms with Crippen molar-refractivity contribution in [2.75, 3.05) is 5.73 Å². The van der Waals surface area contributed by atoms with Gasteiger partial charge in [0.05, 0.1) is 0 Å². The molecule has 0 aliphatic carbocycles. The molecule has 2 aromatic rings. The maximum Gasteiger partial charge on any atom is 0.0337 e. The van der Waals surface area contributed by atoms with Crippen LogP contribution in [0, 0.1) is 0 Å². The number of nitrogen functional groups attached to an aromatic ring is 1. The van der Waals surface area contributed by atoms with Gasteiger partial charge in [0.25, 0.3) is 0 Å². The van der Waals surface area contributed by atoms with E-state index in [9.17, 15) is 0 Å². The van der Waals surface area contributed by atoms with Gasteiger partial charge in [0.1, 0.15) is 0 Å². The number of thioether (sulfide) groups is 1. The van der Waals surface area contributed by atoms with E-state index in [2.05, 4.69) is 39.5 Å². The molecule has 0 atom stereocenters. The molecule has 0 bridgehead atoms. The van der Waals surface area contributed by atoms with E-state index >= 15 is 0 Å². The monoisotopic (exact) mass is 299 g/mol. The normalized spacial score (nSPS) is 10.5. The Morgan fingerprint density at radius 2 is 1.93 bits per heavy atom. The second-order valence-electron chi connectivity index (χ2n) is 3.05. The first kappa shape index (κ1) is 11.0. The predicted molar refractivity (Wildman–Crippen MR) is 72.4 cm³/mol. The van der Waals surface area contributed by atoms with Crippen LogP contribution in [0.3, 0.4) is 0 Å². The quantitative estimate of drug-likeness (QED) is 0.672. The minimum absolute atomic E-state index is 0.816. The van der Waals surface area contributed by atoms with E-state index < -0.39 is 0 Å². The van der Waals surface area contributed by atoms with Crippen LogP contribution in [0.1, 0.15) is 4.88 Å². The van der Waals surface area contributed by atoms with Crippen LogP contribution in [0.15, 0.2) is 45.1 Å². The van der Waals surface area contributed by atoms with Gasteiger partial charge in [0.15, 0.2) is 0 Å². The molecule has 0 fully saturated rings. The average molecular weight is 300 g/mol. The molecule has 1 heterocycles. The zero-order valence-corrected chi connectivity index (χ0v) is 11.2. The topological polar surface area (TPSA) is 26.0 Å². The number of hydrogen-bond donors (Lipinski definition) is 1. The molecule has 0 saturated heterocycles. The summed E-state index contributed by atoms with van der Waals surface area (Å²) in [5.41, 5.74) is 6.44. The number of thiophene rings is 1. The van der Waals surface area contributed by atoms with Gasteiger partial charge < -0.3 is 5.73 Å². The Morgan fingerprint density at radius 1 is 1.20 bits per heavy atom. The van der Waals surface area contributed by atoms with E-state index in [0.29, 0.717) is 0 Å². The summed E-state index contributed by atoms with van der Waals surface area (Å²) in [5.74, 6) is 1.00. The summed E-state index contributed by atoms with van der Waals surface area (Å²) in [4.78, 5) is 2.63. The maximum atomic E-state index is 5.63. The number of halogens is 1. The van der Waals surface area contributed by atoms with Crippen LogP contribution in [-0.4, -0.2) is 0 Å². The van der Waals surface area contributed by atoms with Crippen molar-refractivity contribution in [1.29, 1.82) is 0 Å². The summed E-state index contributed by atoms with van der Waals surface area (Å²) >= 11 is 7.13. The van der Waals surface area contributed by atoms with Crippen LogP contribution < -0.4 is 5.73 Å². The highest BCUT2D eigenvalue weighted by atomic mass is 79.9. The molecule has 78 valence electrons. The van der Waals surface area contributed by atoms with Gasteiger partial charge in [-0.15, -0.1) is 23.1 Å². The van der Waals surface area contributed by atoms with Crippen LogP contribution in [0.5, 0.6) is 0 Å². The lowest BCUT2D eigenvalue weighted by atomic mass is 10.3. The highest BCUT2D eigenvalue weighted by Gasteiger charge is 2.01. The summed E-state index contributed by atoms with van der Waals surface area (Å²) in [7, 11) is 0. The minimum Gasteiger partial charge on any atom is -0.399 e. The summed E-state index contributed by atoms with van der Waals surface area (Å²) < 4.78 is 1.20. The molecule has 1 nitrogen and oxygen atoms in total. The molecule has 0 amide bonds. The molecule has 2 rings (SSSR count). The summed E-state index contributed by atoms with van der Waals surface area (Å²) in [6, 6.07) is 10.1. The number of hydrogen-bond acceptors (Lipinski definition) is 3. The Bertz CT molecular complexity index is 436. The molecular formula is C11H10BrNS2. The lowest BCUT2D eigenvalue weighted by Crippen LogP contribution is -1.82. The van der Waals surface area contributed by atoms with Crippen molar-refractivity contribution in [2.24, 2.45) is 0 Å². The van der Waals surface area contributed by atoms with Crippen molar-refractivity contribution in [1.82, 2.24) is 0 Å². The summed E-state index contributed by atoms with van der Waals surface area (Å²) in [6.45, 7) is 0. The number of rotatable bonds is 3. The Labute approximate surface area is 106 Å². The molecule has 0 radical (unpaired) electrons. The molecule has 0 unspecified atom stereocenters. The van der Waals surface area contributed by atoms with Crippen LogP contribution in [-0.2, 0) is 5.75 Å². The molecule has 0 saturated carbocycles.